The lowest BCUT2D eigenvalue weighted by Gasteiger charge is -2.20. The summed E-state index contributed by atoms with van der Waals surface area (Å²) in [7, 11) is 0. The highest BCUT2D eigenvalue weighted by atomic mass is 35.5. The standard InChI is InChI=1S/C24H20ClFN4O2S/c1-14-27-23(15-6-8-16(26)9-7-15)20(33-14)12-22(31)30(17-10-11-17)13-21-28-29-24(32-21)18-4-2-3-5-19(18)25/h2-9,17H,10-13H2,1H3. The van der Waals surface area contributed by atoms with Crippen LogP contribution in [0.4, 0.5) is 4.39 Å². The topological polar surface area (TPSA) is 72.1 Å². The average Bonchev–Trinajstić information content (AvgIpc) is 3.42. The molecule has 9 heteroatoms. The Morgan fingerprint density at radius 2 is 1.94 bits per heavy atom. The molecule has 2 heterocycles. The van der Waals surface area contributed by atoms with Crippen molar-refractivity contribution in [3.63, 3.8) is 0 Å². The summed E-state index contributed by atoms with van der Waals surface area (Å²) in [4.78, 5) is 20.6. The Morgan fingerprint density at radius 1 is 1.18 bits per heavy atom. The van der Waals surface area contributed by atoms with Crippen LogP contribution in [0, 0.1) is 12.7 Å². The van der Waals surface area contributed by atoms with Crippen LogP contribution in [0.25, 0.3) is 22.7 Å². The van der Waals surface area contributed by atoms with Gasteiger partial charge in [-0.1, -0.05) is 23.7 Å². The van der Waals surface area contributed by atoms with Crippen molar-refractivity contribution in [3.8, 4) is 22.7 Å². The molecule has 1 aliphatic rings. The maximum atomic E-state index is 13.4. The largest absolute Gasteiger partial charge is 0.419 e. The van der Waals surface area contributed by atoms with Crippen molar-refractivity contribution >= 4 is 28.8 Å². The molecule has 2 aromatic heterocycles. The summed E-state index contributed by atoms with van der Waals surface area (Å²) in [5.74, 6) is 0.362. The smallest absolute Gasteiger partial charge is 0.249 e. The predicted molar refractivity (Wildman–Crippen MR) is 124 cm³/mol. The lowest BCUT2D eigenvalue weighted by Crippen LogP contribution is -2.33. The van der Waals surface area contributed by atoms with Gasteiger partial charge in [0.05, 0.1) is 34.3 Å². The van der Waals surface area contributed by atoms with Crippen LogP contribution in [-0.2, 0) is 17.8 Å². The first-order valence-corrected chi connectivity index (χ1v) is 11.8. The summed E-state index contributed by atoms with van der Waals surface area (Å²) < 4.78 is 19.2. The van der Waals surface area contributed by atoms with E-state index in [9.17, 15) is 9.18 Å². The van der Waals surface area contributed by atoms with Crippen molar-refractivity contribution in [2.45, 2.75) is 38.8 Å². The SMILES string of the molecule is Cc1nc(-c2ccc(F)cc2)c(CC(=O)N(Cc2nnc(-c3ccccc3Cl)o2)C2CC2)s1. The number of nitrogens with zero attached hydrogens (tertiary/aromatic N) is 4. The molecule has 0 spiro atoms. The third-order valence-electron chi connectivity index (χ3n) is 5.42. The molecule has 33 heavy (non-hydrogen) atoms. The Hall–Kier alpha value is -3.10. The summed E-state index contributed by atoms with van der Waals surface area (Å²) >= 11 is 7.72. The number of aryl methyl sites for hydroxylation is 1. The first kappa shape index (κ1) is 21.7. The van der Waals surface area contributed by atoms with Gasteiger partial charge in [-0.25, -0.2) is 9.37 Å². The molecule has 6 nitrogen and oxygen atoms in total. The highest BCUT2D eigenvalue weighted by Crippen LogP contribution is 2.33. The van der Waals surface area contributed by atoms with Gasteiger partial charge in [-0.2, -0.15) is 0 Å². The van der Waals surface area contributed by atoms with E-state index in [4.69, 9.17) is 16.0 Å². The Morgan fingerprint density at radius 3 is 2.67 bits per heavy atom. The van der Waals surface area contributed by atoms with Gasteiger partial charge in [0, 0.05) is 16.5 Å². The van der Waals surface area contributed by atoms with Gasteiger partial charge < -0.3 is 9.32 Å². The quantitative estimate of drug-likeness (QED) is 0.338. The molecule has 0 radical (unpaired) electrons. The van der Waals surface area contributed by atoms with E-state index in [1.807, 2.05) is 25.1 Å². The minimum atomic E-state index is -0.307. The van der Waals surface area contributed by atoms with Gasteiger partial charge in [0.2, 0.25) is 17.7 Å². The van der Waals surface area contributed by atoms with Crippen LogP contribution in [0.15, 0.2) is 52.9 Å². The summed E-state index contributed by atoms with van der Waals surface area (Å²) in [6.45, 7) is 2.14. The number of hydrogen-bond acceptors (Lipinski definition) is 6. The highest BCUT2D eigenvalue weighted by molar-refractivity contribution is 7.12. The van der Waals surface area contributed by atoms with Crippen LogP contribution in [0.5, 0.6) is 0 Å². The normalized spacial score (nSPS) is 13.3. The number of halogens is 2. The Labute approximate surface area is 199 Å². The van der Waals surface area contributed by atoms with E-state index in [0.717, 1.165) is 34.0 Å². The van der Waals surface area contributed by atoms with Gasteiger partial charge in [-0.05, 0) is 56.2 Å². The van der Waals surface area contributed by atoms with Crippen molar-refractivity contribution in [1.29, 1.82) is 0 Å². The van der Waals surface area contributed by atoms with Gasteiger partial charge >= 0.3 is 0 Å². The van der Waals surface area contributed by atoms with Crippen molar-refractivity contribution in [2.75, 3.05) is 0 Å². The summed E-state index contributed by atoms with van der Waals surface area (Å²) in [5, 5.41) is 9.63. The van der Waals surface area contributed by atoms with Gasteiger partial charge in [-0.3, -0.25) is 4.79 Å². The molecule has 0 unspecified atom stereocenters. The van der Waals surface area contributed by atoms with Gasteiger partial charge in [0.25, 0.3) is 0 Å². The second-order valence-electron chi connectivity index (χ2n) is 7.92. The number of amides is 1. The zero-order valence-electron chi connectivity index (χ0n) is 17.8. The van der Waals surface area contributed by atoms with Crippen LogP contribution in [-0.4, -0.2) is 32.0 Å². The molecule has 0 bridgehead atoms. The molecular weight excluding hydrogens is 463 g/mol. The third-order valence-corrected chi connectivity index (χ3v) is 6.72. The van der Waals surface area contributed by atoms with E-state index in [2.05, 4.69) is 15.2 Å². The number of benzene rings is 2. The second kappa shape index (κ2) is 9.03. The number of hydrogen-bond donors (Lipinski definition) is 0. The Bertz CT molecular complexity index is 1300. The molecule has 2 aromatic carbocycles. The third kappa shape index (κ3) is 4.82. The van der Waals surface area contributed by atoms with E-state index < -0.39 is 0 Å². The fraction of sp³-hybridized carbons (Fsp3) is 0.250. The van der Waals surface area contributed by atoms with Crippen LogP contribution >= 0.6 is 22.9 Å². The zero-order chi connectivity index (χ0) is 22.9. The number of thiazole rings is 1. The van der Waals surface area contributed by atoms with Crippen LogP contribution in [0.3, 0.4) is 0 Å². The minimum Gasteiger partial charge on any atom is -0.419 e. The van der Waals surface area contributed by atoms with E-state index in [-0.39, 0.29) is 30.7 Å². The molecule has 4 aromatic rings. The Balaban J connectivity index is 1.35. The van der Waals surface area contributed by atoms with Crippen LogP contribution in [0.1, 0.15) is 28.6 Å². The molecular formula is C24H20ClFN4O2S. The molecule has 0 N–H and O–H groups in total. The lowest BCUT2D eigenvalue weighted by molar-refractivity contribution is -0.131. The molecule has 0 aliphatic heterocycles. The van der Waals surface area contributed by atoms with Gasteiger partial charge in [0.15, 0.2) is 0 Å². The number of carbonyl (C=O) groups is 1. The maximum absolute atomic E-state index is 13.4. The van der Waals surface area contributed by atoms with E-state index in [1.54, 1.807) is 23.1 Å². The molecule has 1 amide bonds. The second-order valence-corrected chi connectivity index (χ2v) is 9.62. The molecule has 1 aliphatic carbocycles. The zero-order valence-corrected chi connectivity index (χ0v) is 19.4. The fourth-order valence-electron chi connectivity index (χ4n) is 3.68. The highest BCUT2D eigenvalue weighted by Gasteiger charge is 2.34. The fourth-order valence-corrected chi connectivity index (χ4v) is 4.84. The number of aromatic nitrogens is 3. The van der Waals surface area contributed by atoms with Crippen molar-refractivity contribution in [1.82, 2.24) is 20.1 Å². The molecule has 1 saturated carbocycles. The first-order valence-electron chi connectivity index (χ1n) is 10.6. The first-order chi connectivity index (χ1) is 16.0. The number of rotatable bonds is 7. The van der Waals surface area contributed by atoms with Crippen LogP contribution in [0.2, 0.25) is 5.02 Å². The molecule has 1 fully saturated rings. The van der Waals surface area contributed by atoms with Crippen molar-refractivity contribution < 1.29 is 13.6 Å². The van der Waals surface area contributed by atoms with Crippen molar-refractivity contribution in [3.05, 3.63) is 75.1 Å². The maximum Gasteiger partial charge on any atom is 0.249 e. The summed E-state index contributed by atoms with van der Waals surface area (Å²) in [6, 6.07) is 13.6. The predicted octanol–water partition coefficient (Wildman–Crippen LogP) is 5.69. The summed E-state index contributed by atoms with van der Waals surface area (Å²) in [5.41, 5.74) is 2.18. The van der Waals surface area contributed by atoms with Crippen LogP contribution < -0.4 is 0 Å². The van der Waals surface area contributed by atoms with Gasteiger partial charge in [-0.15, -0.1) is 21.5 Å². The minimum absolute atomic E-state index is 0.0259. The monoisotopic (exact) mass is 482 g/mol. The van der Waals surface area contributed by atoms with E-state index >= 15 is 0 Å². The average molecular weight is 483 g/mol. The molecule has 168 valence electrons. The molecule has 0 saturated heterocycles. The summed E-state index contributed by atoms with van der Waals surface area (Å²) in [6.07, 6.45) is 2.10. The van der Waals surface area contributed by atoms with Crippen molar-refractivity contribution in [2.24, 2.45) is 0 Å². The molecule has 5 rings (SSSR count). The lowest BCUT2D eigenvalue weighted by atomic mass is 10.1. The van der Waals surface area contributed by atoms with E-state index in [1.165, 1.54) is 23.5 Å². The van der Waals surface area contributed by atoms with E-state index in [0.29, 0.717) is 22.4 Å². The number of carbonyl (C=O) groups excluding carboxylic acids is 1. The van der Waals surface area contributed by atoms with Gasteiger partial charge in [0.1, 0.15) is 5.82 Å². The Kier molecular flexibility index (Phi) is 5.95. The molecule has 0 atom stereocenters.